The number of allylic oxidation sites excluding steroid dienone is 1. The Kier molecular flexibility index (Phi) is 3.16. The average molecular weight is 171 g/mol. The molecule has 0 aliphatic rings. The van der Waals surface area contributed by atoms with Gasteiger partial charge in [0.25, 0.3) is 0 Å². The van der Waals surface area contributed by atoms with Crippen molar-refractivity contribution in [1.82, 2.24) is 5.32 Å². The molecule has 1 N–H and O–H groups in total. The van der Waals surface area contributed by atoms with E-state index in [1.54, 1.807) is 0 Å². The van der Waals surface area contributed by atoms with Crippen LogP contribution in [0.5, 0.6) is 0 Å². The standard InChI is InChI=1S/C12H13N/c1-4-11-5-7-12(8-6-11)9-13-10(2)3/h1,5-8,13H,2,9H2,3H3. The third-order valence-corrected chi connectivity index (χ3v) is 1.71. The molecule has 0 saturated heterocycles. The van der Waals surface area contributed by atoms with Gasteiger partial charge < -0.3 is 5.32 Å². The van der Waals surface area contributed by atoms with Gasteiger partial charge in [-0.3, -0.25) is 0 Å². The number of hydrogen-bond donors (Lipinski definition) is 1. The van der Waals surface area contributed by atoms with Crippen LogP contribution in [0.25, 0.3) is 0 Å². The van der Waals surface area contributed by atoms with Crippen molar-refractivity contribution in [2.75, 3.05) is 0 Å². The lowest BCUT2D eigenvalue weighted by Gasteiger charge is -2.04. The Bertz CT molecular complexity index is 327. The fraction of sp³-hybridized carbons (Fsp3) is 0.167. The number of benzene rings is 1. The lowest BCUT2D eigenvalue weighted by Crippen LogP contribution is -2.08. The molecule has 0 heterocycles. The van der Waals surface area contributed by atoms with Crippen molar-refractivity contribution >= 4 is 0 Å². The first-order valence-corrected chi connectivity index (χ1v) is 4.17. The summed E-state index contributed by atoms with van der Waals surface area (Å²) in [7, 11) is 0. The van der Waals surface area contributed by atoms with Crippen molar-refractivity contribution < 1.29 is 0 Å². The highest BCUT2D eigenvalue weighted by Crippen LogP contribution is 2.03. The number of terminal acetylenes is 1. The Hall–Kier alpha value is -1.68. The zero-order valence-electron chi connectivity index (χ0n) is 7.80. The molecule has 0 aliphatic carbocycles. The van der Waals surface area contributed by atoms with E-state index in [2.05, 4.69) is 17.8 Å². The van der Waals surface area contributed by atoms with Gasteiger partial charge in [0.2, 0.25) is 0 Å². The summed E-state index contributed by atoms with van der Waals surface area (Å²) in [5.41, 5.74) is 3.10. The van der Waals surface area contributed by atoms with Gasteiger partial charge in [0, 0.05) is 17.8 Å². The van der Waals surface area contributed by atoms with E-state index in [0.717, 1.165) is 17.8 Å². The van der Waals surface area contributed by atoms with Crippen LogP contribution in [-0.2, 0) is 6.54 Å². The summed E-state index contributed by atoms with van der Waals surface area (Å²) in [6.07, 6.45) is 5.24. The second-order valence-electron chi connectivity index (χ2n) is 2.98. The minimum absolute atomic E-state index is 0.806. The highest BCUT2D eigenvalue weighted by molar-refractivity contribution is 5.34. The lowest BCUT2D eigenvalue weighted by atomic mass is 10.1. The van der Waals surface area contributed by atoms with Crippen molar-refractivity contribution in [2.24, 2.45) is 0 Å². The fourth-order valence-electron chi connectivity index (χ4n) is 0.972. The van der Waals surface area contributed by atoms with Gasteiger partial charge in [0.15, 0.2) is 0 Å². The molecule has 0 radical (unpaired) electrons. The van der Waals surface area contributed by atoms with Crippen LogP contribution < -0.4 is 5.32 Å². The third kappa shape index (κ3) is 3.04. The Labute approximate surface area is 79.5 Å². The molecule has 0 aromatic heterocycles. The maximum atomic E-state index is 5.24. The Balaban J connectivity index is 2.60. The molecule has 0 spiro atoms. The van der Waals surface area contributed by atoms with Crippen LogP contribution in [0, 0.1) is 12.3 Å². The molecule has 0 aliphatic heterocycles. The van der Waals surface area contributed by atoms with E-state index in [1.807, 2.05) is 31.2 Å². The maximum absolute atomic E-state index is 5.24. The molecular formula is C12H13N. The summed E-state index contributed by atoms with van der Waals surface area (Å²) in [5, 5.41) is 3.15. The van der Waals surface area contributed by atoms with E-state index in [0.29, 0.717) is 0 Å². The molecule has 1 heteroatoms. The molecule has 0 atom stereocenters. The Morgan fingerprint density at radius 1 is 1.46 bits per heavy atom. The average Bonchev–Trinajstić information content (AvgIpc) is 2.15. The number of nitrogens with one attached hydrogen (secondary N) is 1. The topological polar surface area (TPSA) is 12.0 Å². The summed E-state index contributed by atoms with van der Waals surface area (Å²) < 4.78 is 0. The van der Waals surface area contributed by atoms with Crippen LogP contribution in [0.3, 0.4) is 0 Å². The van der Waals surface area contributed by atoms with Crippen molar-refractivity contribution in [3.63, 3.8) is 0 Å². The Morgan fingerprint density at radius 3 is 2.54 bits per heavy atom. The predicted molar refractivity (Wildman–Crippen MR) is 56.0 cm³/mol. The van der Waals surface area contributed by atoms with E-state index in [1.165, 1.54) is 5.56 Å². The van der Waals surface area contributed by atoms with Crippen molar-refractivity contribution in [2.45, 2.75) is 13.5 Å². The summed E-state index contributed by atoms with van der Waals surface area (Å²) >= 11 is 0. The van der Waals surface area contributed by atoms with Gasteiger partial charge in [-0.2, -0.15) is 0 Å². The van der Waals surface area contributed by atoms with Crippen LogP contribution in [0.4, 0.5) is 0 Å². The van der Waals surface area contributed by atoms with E-state index in [9.17, 15) is 0 Å². The summed E-state index contributed by atoms with van der Waals surface area (Å²) in [6, 6.07) is 7.92. The van der Waals surface area contributed by atoms with Crippen molar-refractivity contribution in [3.8, 4) is 12.3 Å². The van der Waals surface area contributed by atoms with Crippen LogP contribution >= 0.6 is 0 Å². The second kappa shape index (κ2) is 4.37. The third-order valence-electron chi connectivity index (χ3n) is 1.71. The zero-order chi connectivity index (χ0) is 9.68. The molecule has 1 aromatic rings. The minimum atomic E-state index is 0.806. The lowest BCUT2D eigenvalue weighted by molar-refractivity contribution is 0.816. The summed E-state index contributed by atoms with van der Waals surface area (Å²) in [4.78, 5) is 0. The number of rotatable bonds is 3. The predicted octanol–water partition coefficient (Wildman–Crippen LogP) is 2.29. The van der Waals surface area contributed by atoms with E-state index >= 15 is 0 Å². The SMILES string of the molecule is C#Cc1ccc(CNC(=C)C)cc1. The van der Waals surface area contributed by atoms with Gasteiger partial charge in [0.1, 0.15) is 0 Å². The van der Waals surface area contributed by atoms with Gasteiger partial charge in [-0.25, -0.2) is 0 Å². The molecule has 13 heavy (non-hydrogen) atoms. The van der Waals surface area contributed by atoms with E-state index < -0.39 is 0 Å². The van der Waals surface area contributed by atoms with E-state index in [4.69, 9.17) is 6.42 Å². The van der Waals surface area contributed by atoms with Crippen molar-refractivity contribution in [1.29, 1.82) is 0 Å². The largest absolute Gasteiger partial charge is 0.385 e. The molecule has 0 saturated carbocycles. The first kappa shape index (κ1) is 9.41. The molecule has 1 nitrogen and oxygen atoms in total. The fourth-order valence-corrected chi connectivity index (χ4v) is 0.972. The van der Waals surface area contributed by atoms with Crippen LogP contribution in [0.1, 0.15) is 18.1 Å². The monoisotopic (exact) mass is 171 g/mol. The van der Waals surface area contributed by atoms with Gasteiger partial charge in [-0.15, -0.1) is 6.42 Å². The van der Waals surface area contributed by atoms with Crippen LogP contribution in [0.15, 0.2) is 36.5 Å². The minimum Gasteiger partial charge on any atom is -0.385 e. The first-order chi connectivity index (χ1) is 6.22. The normalized spacial score (nSPS) is 8.92. The first-order valence-electron chi connectivity index (χ1n) is 4.17. The maximum Gasteiger partial charge on any atom is 0.0397 e. The molecule has 66 valence electrons. The molecule has 1 rings (SSSR count). The smallest absolute Gasteiger partial charge is 0.0397 e. The zero-order valence-corrected chi connectivity index (χ0v) is 7.80. The summed E-state index contributed by atoms with van der Waals surface area (Å²) in [6.45, 7) is 6.51. The molecule has 0 fully saturated rings. The molecule has 0 bridgehead atoms. The second-order valence-corrected chi connectivity index (χ2v) is 2.98. The number of hydrogen-bond acceptors (Lipinski definition) is 1. The van der Waals surface area contributed by atoms with Gasteiger partial charge >= 0.3 is 0 Å². The van der Waals surface area contributed by atoms with Crippen LogP contribution in [0.2, 0.25) is 0 Å². The molecular weight excluding hydrogens is 158 g/mol. The van der Waals surface area contributed by atoms with Gasteiger partial charge in [0.05, 0.1) is 0 Å². The van der Waals surface area contributed by atoms with Gasteiger partial charge in [-0.1, -0.05) is 24.6 Å². The highest BCUT2D eigenvalue weighted by atomic mass is 14.9. The quantitative estimate of drug-likeness (QED) is 0.688. The summed E-state index contributed by atoms with van der Waals surface area (Å²) in [5.74, 6) is 2.58. The molecule has 1 aromatic carbocycles. The molecule has 0 amide bonds. The molecule has 0 unspecified atom stereocenters. The van der Waals surface area contributed by atoms with E-state index in [-0.39, 0.29) is 0 Å². The Morgan fingerprint density at radius 2 is 2.08 bits per heavy atom. The van der Waals surface area contributed by atoms with Crippen molar-refractivity contribution in [3.05, 3.63) is 47.7 Å². The van der Waals surface area contributed by atoms with Gasteiger partial charge in [-0.05, 0) is 24.6 Å². The van der Waals surface area contributed by atoms with Crippen LogP contribution in [-0.4, -0.2) is 0 Å². The highest BCUT2D eigenvalue weighted by Gasteiger charge is 1.91.